The van der Waals surface area contributed by atoms with E-state index in [4.69, 9.17) is 9.26 Å². The molecule has 0 fully saturated rings. The van der Waals surface area contributed by atoms with Crippen molar-refractivity contribution in [2.24, 2.45) is 0 Å². The summed E-state index contributed by atoms with van der Waals surface area (Å²) in [5.41, 5.74) is 1.63. The van der Waals surface area contributed by atoms with Crippen LogP contribution in [0.15, 0.2) is 57.9 Å². The molecule has 176 valence electrons. The second kappa shape index (κ2) is 10.1. The molecule has 33 heavy (non-hydrogen) atoms. The lowest BCUT2D eigenvalue weighted by molar-refractivity contribution is -0.118. The van der Waals surface area contributed by atoms with Crippen LogP contribution in [0.2, 0.25) is 0 Å². The van der Waals surface area contributed by atoms with Crippen molar-refractivity contribution in [3.63, 3.8) is 0 Å². The van der Waals surface area contributed by atoms with Crippen molar-refractivity contribution < 1.29 is 28.3 Å². The molecular formula is C23H26FN3O5S. The first-order valence-electron chi connectivity index (χ1n) is 9.91. The van der Waals surface area contributed by atoms with Crippen molar-refractivity contribution in [2.75, 3.05) is 31.2 Å². The van der Waals surface area contributed by atoms with Gasteiger partial charge >= 0.3 is 0 Å². The molecule has 0 bridgehead atoms. The molecule has 0 spiro atoms. The largest absolute Gasteiger partial charge is 0.491 e. The Bertz CT molecular complexity index is 1140. The van der Waals surface area contributed by atoms with Gasteiger partial charge in [-0.25, -0.2) is 14.4 Å². The molecule has 0 unspecified atom stereocenters. The van der Waals surface area contributed by atoms with Gasteiger partial charge in [-0.15, -0.1) is 0 Å². The summed E-state index contributed by atoms with van der Waals surface area (Å²) >= 11 is 0. The predicted molar refractivity (Wildman–Crippen MR) is 124 cm³/mol. The fraction of sp³-hybridized carbons (Fsp3) is 0.261. The highest BCUT2D eigenvalue weighted by molar-refractivity contribution is 8.32. The zero-order valence-electron chi connectivity index (χ0n) is 18.7. The van der Waals surface area contributed by atoms with Crippen LogP contribution < -0.4 is 10.6 Å². The number of nitrogens with zero attached hydrogens (tertiary/aromatic N) is 1. The Morgan fingerprint density at radius 1 is 1.15 bits per heavy atom. The molecule has 10 heteroatoms. The van der Waals surface area contributed by atoms with E-state index < -0.39 is 39.6 Å². The number of hydrogen-bond acceptors (Lipinski definition) is 6. The third-order valence-corrected chi connectivity index (χ3v) is 6.39. The second-order valence-electron chi connectivity index (χ2n) is 8.10. The quantitative estimate of drug-likeness (QED) is 0.456. The molecule has 8 nitrogen and oxygen atoms in total. The molecule has 0 aliphatic rings. The summed E-state index contributed by atoms with van der Waals surface area (Å²) in [6, 6.07) is 11.4. The lowest BCUT2D eigenvalue weighted by atomic mass is 10.0. The van der Waals surface area contributed by atoms with E-state index in [2.05, 4.69) is 15.8 Å². The minimum absolute atomic E-state index is 0.259. The van der Waals surface area contributed by atoms with E-state index in [-0.39, 0.29) is 11.4 Å². The number of aromatic hydroxyl groups is 1. The average molecular weight is 476 g/mol. The van der Waals surface area contributed by atoms with Crippen LogP contribution in [0.25, 0.3) is 0 Å². The number of rotatable bonds is 8. The van der Waals surface area contributed by atoms with Crippen molar-refractivity contribution in [2.45, 2.75) is 17.5 Å². The summed E-state index contributed by atoms with van der Waals surface area (Å²) in [4.78, 5) is 26.3. The van der Waals surface area contributed by atoms with Crippen LogP contribution in [0.5, 0.6) is 5.88 Å². The fourth-order valence-electron chi connectivity index (χ4n) is 3.14. The summed E-state index contributed by atoms with van der Waals surface area (Å²) in [5.74, 6) is -2.45. The molecule has 2 aromatic carbocycles. The first-order chi connectivity index (χ1) is 15.6. The van der Waals surface area contributed by atoms with Crippen molar-refractivity contribution >= 4 is 27.5 Å². The Balaban J connectivity index is 1.86. The fourth-order valence-corrected chi connectivity index (χ4v) is 4.26. The molecule has 1 aromatic heterocycles. The molecular weight excluding hydrogens is 449 g/mol. The standard InChI is InChI=1S/C23H26FN3O5S/c1-31-13-14-5-7-15(8-6-14)21(26-22(29)18-12-20(28)27-32-18)23(30)25-16-9-10-19(17(24)11-16)33(2,3)4/h5-12,21H,13H2,1-4H3,(H,25,30)(H,26,29)(H,27,28)/t21-/m1/s1. The first kappa shape index (κ1) is 24.3. The third kappa shape index (κ3) is 6.11. The molecule has 0 saturated carbocycles. The van der Waals surface area contributed by atoms with Gasteiger partial charge in [-0.3, -0.25) is 9.59 Å². The molecule has 0 radical (unpaired) electrons. The molecule has 1 atom stereocenters. The van der Waals surface area contributed by atoms with Gasteiger partial charge in [-0.1, -0.05) is 24.3 Å². The maximum atomic E-state index is 14.6. The monoisotopic (exact) mass is 475 g/mol. The van der Waals surface area contributed by atoms with E-state index in [1.807, 2.05) is 18.8 Å². The topological polar surface area (TPSA) is 114 Å². The van der Waals surface area contributed by atoms with E-state index >= 15 is 0 Å². The van der Waals surface area contributed by atoms with Crippen LogP contribution in [-0.4, -0.2) is 48.0 Å². The zero-order valence-corrected chi connectivity index (χ0v) is 19.5. The molecule has 1 heterocycles. The van der Waals surface area contributed by atoms with Crippen molar-refractivity contribution in [1.82, 2.24) is 10.5 Å². The summed E-state index contributed by atoms with van der Waals surface area (Å²) in [5, 5.41) is 17.8. The lowest BCUT2D eigenvalue weighted by Crippen LogP contribution is -2.37. The van der Waals surface area contributed by atoms with Crippen LogP contribution >= 0.6 is 10.0 Å². The van der Waals surface area contributed by atoms with Gasteiger partial charge in [-0.05, 0) is 53.2 Å². The third-order valence-electron chi connectivity index (χ3n) is 4.74. The van der Waals surface area contributed by atoms with Crippen molar-refractivity contribution in [1.29, 1.82) is 0 Å². The lowest BCUT2D eigenvalue weighted by Gasteiger charge is -2.26. The van der Waals surface area contributed by atoms with Crippen molar-refractivity contribution in [3.05, 3.63) is 71.2 Å². The molecule has 3 N–H and O–H groups in total. The first-order valence-corrected chi connectivity index (χ1v) is 12.8. The van der Waals surface area contributed by atoms with E-state index in [0.29, 0.717) is 17.1 Å². The van der Waals surface area contributed by atoms with Crippen LogP contribution in [-0.2, 0) is 16.1 Å². The smallest absolute Gasteiger partial charge is 0.290 e. The van der Waals surface area contributed by atoms with E-state index in [1.54, 1.807) is 43.5 Å². The molecule has 2 amide bonds. The minimum Gasteiger partial charge on any atom is -0.491 e. The Labute approximate surface area is 192 Å². The van der Waals surface area contributed by atoms with Crippen LogP contribution in [0.4, 0.5) is 10.1 Å². The number of anilines is 1. The number of aromatic nitrogens is 1. The molecule has 0 aliphatic heterocycles. The number of halogens is 1. The maximum absolute atomic E-state index is 14.6. The minimum atomic E-state index is -1.28. The van der Waals surface area contributed by atoms with Gasteiger partial charge in [0.05, 0.1) is 12.7 Å². The highest BCUT2D eigenvalue weighted by Crippen LogP contribution is 2.46. The number of carbonyl (C=O) groups is 2. The van der Waals surface area contributed by atoms with E-state index in [0.717, 1.165) is 11.6 Å². The number of benzene rings is 2. The van der Waals surface area contributed by atoms with Gasteiger partial charge in [0.25, 0.3) is 17.7 Å². The highest BCUT2D eigenvalue weighted by atomic mass is 32.3. The molecule has 0 saturated heterocycles. The second-order valence-corrected chi connectivity index (χ2v) is 12.2. The van der Waals surface area contributed by atoms with Gasteiger partial charge in [0.1, 0.15) is 11.9 Å². The summed E-state index contributed by atoms with van der Waals surface area (Å²) in [7, 11) is 0.289. The maximum Gasteiger partial charge on any atom is 0.290 e. The zero-order chi connectivity index (χ0) is 24.2. The number of nitrogens with one attached hydrogen (secondary N) is 2. The summed E-state index contributed by atoms with van der Waals surface area (Å²) in [6.07, 6.45) is 5.93. The number of amides is 2. The summed E-state index contributed by atoms with van der Waals surface area (Å²) in [6.45, 7) is 0.391. The predicted octanol–water partition coefficient (Wildman–Crippen LogP) is 3.83. The SMILES string of the molecule is COCc1ccc([C@@H](NC(=O)c2cc(O)no2)C(=O)Nc2ccc(S(C)(C)C)c(F)c2)cc1. The van der Waals surface area contributed by atoms with Crippen LogP contribution in [0, 0.1) is 5.82 Å². The van der Waals surface area contributed by atoms with Gasteiger partial charge < -0.3 is 25.0 Å². The van der Waals surface area contributed by atoms with Gasteiger partial charge in [-0.2, -0.15) is 0 Å². The van der Waals surface area contributed by atoms with Gasteiger partial charge in [0, 0.05) is 17.7 Å². The van der Waals surface area contributed by atoms with Crippen LogP contribution in [0.1, 0.15) is 27.7 Å². The Morgan fingerprint density at radius 2 is 1.85 bits per heavy atom. The molecule has 0 aliphatic carbocycles. The Kier molecular flexibility index (Phi) is 7.39. The molecule has 3 rings (SSSR count). The Morgan fingerprint density at radius 3 is 2.39 bits per heavy atom. The van der Waals surface area contributed by atoms with Gasteiger partial charge in [0.2, 0.25) is 5.76 Å². The molecule has 3 aromatic rings. The summed E-state index contributed by atoms with van der Waals surface area (Å²) < 4.78 is 24.5. The normalized spacial score (nSPS) is 12.8. The van der Waals surface area contributed by atoms with Crippen LogP contribution in [0.3, 0.4) is 0 Å². The van der Waals surface area contributed by atoms with Gasteiger partial charge in [0.15, 0.2) is 0 Å². The highest BCUT2D eigenvalue weighted by Gasteiger charge is 2.26. The number of hydrogen-bond donors (Lipinski definition) is 3. The number of ether oxygens (including phenoxy) is 1. The average Bonchev–Trinajstić information content (AvgIpc) is 3.18. The Hall–Kier alpha value is -3.37. The van der Waals surface area contributed by atoms with Crippen molar-refractivity contribution in [3.8, 4) is 5.88 Å². The number of carbonyl (C=O) groups excluding carboxylic acids is 2. The van der Waals surface area contributed by atoms with E-state index in [1.165, 1.54) is 6.07 Å². The van der Waals surface area contributed by atoms with E-state index in [9.17, 15) is 19.1 Å². The number of methoxy groups -OCH3 is 1.